The van der Waals surface area contributed by atoms with Crippen LogP contribution in [0.15, 0.2) is 72.8 Å². The molecule has 0 bridgehead atoms. The average Bonchev–Trinajstić information content (AvgIpc) is 3.07. The number of rotatable bonds is 5. The molecule has 0 aliphatic rings. The lowest BCUT2D eigenvalue weighted by Gasteiger charge is -2.13. The van der Waals surface area contributed by atoms with Gasteiger partial charge < -0.3 is 9.88 Å². The van der Waals surface area contributed by atoms with Gasteiger partial charge >= 0.3 is 0 Å². The van der Waals surface area contributed by atoms with Crippen molar-refractivity contribution in [3.8, 4) is 11.4 Å². The number of hydrogen-bond acceptors (Lipinski definition) is 2. The first-order valence-electron chi connectivity index (χ1n) is 9.56. The molecule has 0 saturated heterocycles. The first-order valence-corrected chi connectivity index (χ1v) is 9.56. The molecule has 1 aromatic heterocycles. The molecule has 4 heteroatoms. The van der Waals surface area contributed by atoms with E-state index in [2.05, 4.69) is 31.3 Å². The van der Waals surface area contributed by atoms with Gasteiger partial charge in [-0.25, -0.2) is 4.98 Å². The van der Waals surface area contributed by atoms with Crippen LogP contribution in [0.5, 0.6) is 0 Å². The zero-order valence-corrected chi connectivity index (χ0v) is 16.1. The number of fused-ring (bicyclic) bond motifs is 1. The number of para-hydroxylation sites is 3. The Morgan fingerprint density at radius 2 is 1.68 bits per heavy atom. The highest BCUT2D eigenvalue weighted by atomic mass is 16.1. The van der Waals surface area contributed by atoms with Crippen molar-refractivity contribution in [2.75, 3.05) is 5.32 Å². The van der Waals surface area contributed by atoms with E-state index in [9.17, 15) is 4.79 Å². The van der Waals surface area contributed by atoms with Gasteiger partial charge in [-0.2, -0.15) is 0 Å². The molecule has 140 valence electrons. The monoisotopic (exact) mass is 369 g/mol. The number of amides is 1. The summed E-state index contributed by atoms with van der Waals surface area (Å²) >= 11 is 0. The highest BCUT2D eigenvalue weighted by Gasteiger charge is 2.16. The summed E-state index contributed by atoms with van der Waals surface area (Å²) in [6, 6.07) is 24.0. The van der Waals surface area contributed by atoms with Crippen LogP contribution in [-0.4, -0.2) is 15.5 Å². The van der Waals surface area contributed by atoms with Crippen molar-refractivity contribution in [1.82, 2.24) is 9.55 Å². The molecule has 0 radical (unpaired) electrons. The normalized spacial score (nSPS) is 10.9. The van der Waals surface area contributed by atoms with Crippen molar-refractivity contribution in [3.63, 3.8) is 0 Å². The molecule has 4 nitrogen and oxygen atoms in total. The molecular formula is C24H23N3O. The molecule has 1 heterocycles. The van der Waals surface area contributed by atoms with Crippen molar-refractivity contribution in [2.45, 2.75) is 26.8 Å². The van der Waals surface area contributed by atoms with E-state index < -0.39 is 0 Å². The second-order valence-corrected chi connectivity index (χ2v) is 6.88. The van der Waals surface area contributed by atoms with E-state index >= 15 is 0 Å². The number of anilines is 1. The van der Waals surface area contributed by atoms with E-state index in [0.29, 0.717) is 0 Å². The predicted molar refractivity (Wildman–Crippen MR) is 114 cm³/mol. The molecule has 0 spiro atoms. The lowest BCUT2D eigenvalue weighted by Crippen LogP contribution is -2.20. The molecule has 0 aliphatic carbocycles. The molecule has 0 fully saturated rings. The van der Waals surface area contributed by atoms with Crippen molar-refractivity contribution >= 4 is 22.6 Å². The molecule has 4 aromatic rings. The lowest BCUT2D eigenvalue weighted by molar-refractivity contribution is -0.116. The minimum atomic E-state index is -0.0566. The second kappa shape index (κ2) is 7.69. The lowest BCUT2D eigenvalue weighted by atomic mass is 10.1. The topological polar surface area (TPSA) is 46.9 Å². The molecule has 0 atom stereocenters. The number of aryl methyl sites for hydroxylation is 2. The summed E-state index contributed by atoms with van der Waals surface area (Å²) in [6.45, 7) is 4.36. The van der Waals surface area contributed by atoms with Crippen LogP contribution in [0.2, 0.25) is 0 Å². The summed E-state index contributed by atoms with van der Waals surface area (Å²) in [5, 5.41) is 3.07. The maximum Gasteiger partial charge on any atom is 0.244 e. The van der Waals surface area contributed by atoms with Gasteiger partial charge in [-0.15, -0.1) is 0 Å². The number of hydrogen-bond donors (Lipinski definition) is 1. The van der Waals surface area contributed by atoms with E-state index in [-0.39, 0.29) is 12.5 Å². The van der Waals surface area contributed by atoms with E-state index in [4.69, 9.17) is 4.98 Å². The standard InChI is InChI=1S/C24H23N3O/c1-3-18-11-5-7-13-20(18)25-23(28)16-27-22-15-9-8-14-21(22)26-24(27)19-12-6-4-10-17(19)2/h4-15H,3,16H2,1-2H3,(H,25,28). The SMILES string of the molecule is CCc1ccccc1NC(=O)Cn1c(-c2ccccc2C)nc2ccccc21. The van der Waals surface area contributed by atoms with Crippen LogP contribution in [0, 0.1) is 6.92 Å². The highest BCUT2D eigenvalue weighted by molar-refractivity contribution is 5.93. The van der Waals surface area contributed by atoms with Gasteiger partial charge in [0.05, 0.1) is 11.0 Å². The summed E-state index contributed by atoms with van der Waals surface area (Å²) in [7, 11) is 0. The van der Waals surface area contributed by atoms with Crippen molar-refractivity contribution in [3.05, 3.63) is 83.9 Å². The van der Waals surface area contributed by atoms with Gasteiger partial charge in [0.2, 0.25) is 5.91 Å². The third-order valence-corrected chi connectivity index (χ3v) is 5.01. The fraction of sp³-hybridized carbons (Fsp3) is 0.167. The van der Waals surface area contributed by atoms with Crippen LogP contribution in [0.4, 0.5) is 5.69 Å². The minimum absolute atomic E-state index is 0.0566. The first-order chi connectivity index (χ1) is 13.7. The van der Waals surface area contributed by atoms with E-state index in [1.807, 2.05) is 65.2 Å². The molecular weight excluding hydrogens is 346 g/mol. The number of aromatic nitrogens is 2. The largest absolute Gasteiger partial charge is 0.324 e. The fourth-order valence-electron chi connectivity index (χ4n) is 3.55. The smallest absolute Gasteiger partial charge is 0.244 e. The van der Waals surface area contributed by atoms with Crippen LogP contribution < -0.4 is 5.32 Å². The number of nitrogens with zero attached hydrogens (tertiary/aromatic N) is 2. The number of imidazole rings is 1. The Hall–Kier alpha value is -3.40. The molecule has 1 amide bonds. The number of nitrogens with one attached hydrogen (secondary N) is 1. The Balaban J connectivity index is 1.73. The van der Waals surface area contributed by atoms with Gasteiger partial charge in [0.1, 0.15) is 12.4 Å². The Kier molecular flexibility index (Phi) is 4.94. The van der Waals surface area contributed by atoms with Crippen LogP contribution >= 0.6 is 0 Å². The fourth-order valence-corrected chi connectivity index (χ4v) is 3.55. The molecule has 0 aliphatic heterocycles. The predicted octanol–water partition coefficient (Wildman–Crippen LogP) is 5.21. The van der Waals surface area contributed by atoms with E-state index in [0.717, 1.165) is 45.7 Å². The third kappa shape index (κ3) is 3.41. The summed E-state index contributed by atoms with van der Waals surface area (Å²) in [5.41, 5.74) is 6.03. The van der Waals surface area contributed by atoms with Gasteiger partial charge in [-0.1, -0.05) is 61.5 Å². The van der Waals surface area contributed by atoms with Gasteiger partial charge in [0.15, 0.2) is 0 Å². The average molecular weight is 369 g/mol. The van der Waals surface area contributed by atoms with Crippen LogP contribution in [-0.2, 0) is 17.8 Å². The summed E-state index contributed by atoms with van der Waals surface area (Å²) in [5.74, 6) is 0.761. The van der Waals surface area contributed by atoms with Crippen molar-refractivity contribution in [1.29, 1.82) is 0 Å². The van der Waals surface area contributed by atoms with E-state index in [1.165, 1.54) is 0 Å². The molecule has 0 saturated carbocycles. The quantitative estimate of drug-likeness (QED) is 0.525. The summed E-state index contributed by atoms with van der Waals surface area (Å²) in [4.78, 5) is 17.7. The maximum atomic E-state index is 12.9. The van der Waals surface area contributed by atoms with Gasteiger partial charge in [-0.3, -0.25) is 4.79 Å². The third-order valence-electron chi connectivity index (χ3n) is 5.01. The molecule has 0 unspecified atom stereocenters. The van der Waals surface area contributed by atoms with Crippen molar-refractivity contribution < 1.29 is 4.79 Å². The first kappa shape index (κ1) is 18.0. The molecule has 28 heavy (non-hydrogen) atoms. The Bertz CT molecular complexity index is 1140. The minimum Gasteiger partial charge on any atom is -0.324 e. The molecule has 4 rings (SSSR count). The van der Waals surface area contributed by atoms with Crippen LogP contribution in [0.1, 0.15) is 18.1 Å². The maximum absolute atomic E-state index is 12.9. The summed E-state index contributed by atoms with van der Waals surface area (Å²) in [6.07, 6.45) is 0.874. The zero-order chi connectivity index (χ0) is 19.5. The van der Waals surface area contributed by atoms with Crippen molar-refractivity contribution in [2.24, 2.45) is 0 Å². The Morgan fingerprint density at radius 3 is 2.50 bits per heavy atom. The molecule has 3 aromatic carbocycles. The second-order valence-electron chi connectivity index (χ2n) is 6.88. The Labute approximate surface area is 164 Å². The number of carbonyl (C=O) groups is 1. The number of carbonyl (C=O) groups excluding carboxylic acids is 1. The van der Waals surface area contributed by atoms with Gasteiger partial charge in [-0.05, 0) is 42.7 Å². The van der Waals surface area contributed by atoms with Gasteiger partial charge in [0.25, 0.3) is 0 Å². The highest BCUT2D eigenvalue weighted by Crippen LogP contribution is 2.27. The molecule has 1 N–H and O–H groups in total. The van der Waals surface area contributed by atoms with Crippen LogP contribution in [0.25, 0.3) is 22.4 Å². The Morgan fingerprint density at radius 1 is 0.964 bits per heavy atom. The van der Waals surface area contributed by atoms with Crippen LogP contribution in [0.3, 0.4) is 0 Å². The van der Waals surface area contributed by atoms with E-state index in [1.54, 1.807) is 0 Å². The summed E-state index contributed by atoms with van der Waals surface area (Å²) < 4.78 is 2.00. The number of benzene rings is 3. The zero-order valence-electron chi connectivity index (χ0n) is 16.1. The van der Waals surface area contributed by atoms with Gasteiger partial charge in [0, 0.05) is 11.3 Å².